The third-order valence-electron chi connectivity index (χ3n) is 2.82. The number of pyridine rings is 1. The van der Waals surface area contributed by atoms with Crippen molar-refractivity contribution in [3.8, 4) is 5.75 Å². The molecule has 1 aromatic rings. The van der Waals surface area contributed by atoms with E-state index in [1.54, 1.807) is 23.2 Å². The maximum absolute atomic E-state index is 11.9. The molecule has 0 spiro atoms. The molecule has 0 unspecified atom stereocenters. The van der Waals surface area contributed by atoms with Crippen molar-refractivity contribution in [2.24, 2.45) is 5.73 Å². The molecule has 1 amide bonds. The zero-order valence-corrected chi connectivity index (χ0v) is 11.5. The van der Waals surface area contributed by atoms with E-state index >= 15 is 0 Å². The van der Waals surface area contributed by atoms with Crippen LogP contribution in [0.3, 0.4) is 0 Å². The second kappa shape index (κ2) is 7.58. The van der Waals surface area contributed by atoms with E-state index in [2.05, 4.69) is 0 Å². The molecule has 0 aliphatic heterocycles. The zero-order valence-electron chi connectivity index (χ0n) is 11.5. The van der Waals surface area contributed by atoms with E-state index in [0.29, 0.717) is 26.2 Å². The van der Waals surface area contributed by atoms with Gasteiger partial charge in [0, 0.05) is 32.4 Å². The summed E-state index contributed by atoms with van der Waals surface area (Å²) in [6, 6.07) is 3.26. The topological polar surface area (TPSA) is 77.6 Å². The molecule has 0 fully saturated rings. The molecular weight excluding hydrogens is 246 g/mol. The monoisotopic (exact) mass is 267 g/mol. The van der Waals surface area contributed by atoms with E-state index in [1.807, 2.05) is 13.8 Å². The molecule has 0 bridgehead atoms. The lowest BCUT2D eigenvalue weighted by atomic mass is 10.4. The summed E-state index contributed by atoms with van der Waals surface area (Å²) in [6.07, 6.45) is 1.65. The molecule has 0 atom stereocenters. The molecule has 0 saturated heterocycles. The largest absolute Gasteiger partial charge is 0.478 e. The van der Waals surface area contributed by atoms with Crippen LogP contribution in [0.2, 0.25) is 0 Å². The summed E-state index contributed by atoms with van der Waals surface area (Å²) >= 11 is 0. The standard InChI is InChI=1S/C13H21N3O3/c1-3-15(4-2)12(17)10-19-11-6-5-8-16(9-7-14)13(11)18/h5-6,8H,3-4,7,9-10,14H2,1-2H3. The van der Waals surface area contributed by atoms with Crippen LogP contribution in [0, 0.1) is 0 Å². The van der Waals surface area contributed by atoms with E-state index in [1.165, 1.54) is 4.57 Å². The van der Waals surface area contributed by atoms with Crippen molar-refractivity contribution in [1.82, 2.24) is 9.47 Å². The summed E-state index contributed by atoms with van der Waals surface area (Å²) in [5.74, 6) is 0.0510. The van der Waals surface area contributed by atoms with Crippen molar-refractivity contribution < 1.29 is 9.53 Å². The molecule has 19 heavy (non-hydrogen) atoms. The van der Waals surface area contributed by atoms with Crippen LogP contribution in [-0.2, 0) is 11.3 Å². The number of hydrogen-bond donors (Lipinski definition) is 1. The molecule has 1 aromatic heterocycles. The van der Waals surface area contributed by atoms with Gasteiger partial charge in [0.15, 0.2) is 12.4 Å². The van der Waals surface area contributed by atoms with Gasteiger partial charge in [0.05, 0.1) is 0 Å². The van der Waals surface area contributed by atoms with Gasteiger partial charge in [0.2, 0.25) is 0 Å². The van der Waals surface area contributed by atoms with Gasteiger partial charge in [0.1, 0.15) is 0 Å². The van der Waals surface area contributed by atoms with Crippen LogP contribution in [-0.4, -0.2) is 41.6 Å². The van der Waals surface area contributed by atoms with E-state index in [9.17, 15) is 9.59 Å². The van der Waals surface area contributed by atoms with Gasteiger partial charge < -0.3 is 19.9 Å². The molecular formula is C13H21N3O3. The van der Waals surface area contributed by atoms with E-state index in [4.69, 9.17) is 10.5 Å². The number of nitrogens with zero attached hydrogens (tertiary/aromatic N) is 2. The third kappa shape index (κ3) is 4.10. The Labute approximate surface area is 112 Å². The van der Waals surface area contributed by atoms with E-state index < -0.39 is 0 Å². The summed E-state index contributed by atoms with van der Waals surface area (Å²) in [5, 5.41) is 0. The summed E-state index contributed by atoms with van der Waals surface area (Å²) in [4.78, 5) is 25.4. The first-order valence-electron chi connectivity index (χ1n) is 6.44. The highest BCUT2D eigenvalue weighted by atomic mass is 16.5. The number of nitrogens with two attached hydrogens (primary N) is 1. The van der Waals surface area contributed by atoms with Gasteiger partial charge >= 0.3 is 0 Å². The van der Waals surface area contributed by atoms with Crippen LogP contribution in [0.25, 0.3) is 0 Å². The SMILES string of the molecule is CCN(CC)C(=O)COc1cccn(CCN)c1=O. The summed E-state index contributed by atoms with van der Waals surface area (Å²) < 4.78 is 6.77. The van der Waals surface area contributed by atoms with E-state index in [0.717, 1.165) is 0 Å². The van der Waals surface area contributed by atoms with Gasteiger partial charge in [0.25, 0.3) is 11.5 Å². The second-order valence-corrected chi connectivity index (χ2v) is 4.01. The van der Waals surface area contributed by atoms with Crippen molar-refractivity contribution >= 4 is 5.91 Å². The van der Waals surface area contributed by atoms with Crippen molar-refractivity contribution in [2.75, 3.05) is 26.2 Å². The molecule has 106 valence electrons. The Morgan fingerprint density at radius 1 is 1.42 bits per heavy atom. The van der Waals surface area contributed by atoms with E-state index in [-0.39, 0.29) is 23.8 Å². The van der Waals surface area contributed by atoms with Crippen LogP contribution in [0.15, 0.2) is 23.1 Å². The predicted molar refractivity (Wildman–Crippen MR) is 73.2 cm³/mol. The van der Waals surface area contributed by atoms with Crippen molar-refractivity contribution in [2.45, 2.75) is 20.4 Å². The summed E-state index contributed by atoms with van der Waals surface area (Å²) in [5.41, 5.74) is 5.15. The Bertz CT molecular complexity index is 466. The van der Waals surface area contributed by atoms with Crippen LogP contribution >= 0.6 is 0 Å². The van der Waals surface area contributed by atoms with Crippen molar-refractivity contribution in [1.29, 1.82) is 0 Å². The first-order chi connectivity index (χ1) is 9.13. The summed E-state index contributed by atoms with van der Waals surface area (Å²) in [7, 11) is 0. The van der Waals surface area contributed by atoms with Crippen LogP contribution in [0.4, 0.5) is 0 Å². The lowest BCUT2D eigenvalue weighted by Gasteiger charge is -2.18. The van der Waals surface area contributed by atoms with Crippen LogP contribution in [0.5, 0.6) is 5.75 Å². The molecule has 1 rings (SSSR count). The smallest absolute Gasteiger partial charge is 0.292 e. The average Bonchev–Trinajstić information content (AvgIpc) is 2.41. The fourth-order valence-corrected chi connectivity index (χ4v) is 1.75. The Hall–Kier alpha value is -1.82. The normalized spacial score (nSPS) is 10.3. The summed E-state index contributed by atoms with van der Waals surface area (Å²) in [6.45, 7) is 5.75. The highest BCUT2D eigenvalue weighted by Crippen LogP contribution is 2.02. The van der Waals surface area contributed by atoms with Gasteiger partial charge in [-0.1, -0.05) is 0 Å². The van der Waals surface area contributed by atoms with Crippen LogP contribution < -0.4 is 16.0 Å². The van der Waals surface area contributed by atoms with Crippen molar-refractivity contribution in [3.63, 3.8) is 0 Å². The lowest BCUT2D eigenvalue weighted by molar-refractivity contribution is -0.133. The minimum atomic E-state index is -0.264. The molecule has 0 aliphatic rings. The highest BCUT2D eigenvalue weighted by Gasteiger charge is 2.11. The second-order valence-electron chi connectivity index (χ2n) is 4.01. The van der Waals surface area contributed by atoms with Gasteiger partial charge in [-0.05, 0) is 26.0 Å². The number of rotatable bonds is 7. The zero-order chi connectivity index (χ0) is 14.3. The molecule has 6 nitrogen and oxygen atoms in total. The Morgan fingerprint density at radius 2 is 2.11 bits per heavy atom. The lowest BCUT2D eigenvalue weighted by Crippen LogP contribution is -2.35. The number of ether oxygens (including phenoxy) is 1. The fourth-order valence-electron chi connectivity index (χ4n) is 1.75. The molecule has 2 N–H and O–H groups in total. The number of amides is 1. The minimum Gasteiger partial charge on any atom is -0.478 e. The molecule has 6 heteroatoms. The highest BCUT2D eigenvalue weighted by molar-refractivity contribution is 5.77. The Kier molecular flexibility index (Phi) is 6.08. The number of likely N-dealkylation sites (N-methyl/N-ethyl adjacent to an activating group) is 1. The average molecular weight is 267 g/mol. The third-order valence-corrected chi connectivity index (χ3v) is 2.82. The number of carbonyl (C=O) groups excluding carboxylic acids is 1. The minimum absolute atomic E-state index is 0.121. The van der Waals surface area contributed by atoms with Gasteiger partial charge in [-0.2, -0.15) is 0 Å². The molecule has 0 aromatic carbocycles. The Morgan fingerprint density at radius 3 is 2.68 bits per heavy atom. The fraction of sp³-hybridized carbons (Fsp3) is 0.538. The first-order valence-corrected chi connectivity index (χ1v) is 6.44. The molecule has 0 radical (unpaired) electrons. The predicted octanol–water partition coefficient (Wildman–Crippen LogP) is 0.0542. The first kappa shape index (κ1) is 15.2. The molecule has 0 saturated carbocycles. The maximum Gasteiger partial charge on any atom is 0.292 e. The van der Waals surface area contributed by atoms with Crippen LogP contribution in [0.1, 0.15) is 13.8 Å². The quantitative estimate of drug-likeness (QED) is 0.757. The number of hydrogen-bond acceptors (Lipinski definition) is 4. The maximum atomic E-state index is 11.9. The molecule has 1 heterocycles. The molecule has 0 aliphatic carbocycles. The number of carbonyl (C=O) groups is 1. The van der Waals surface area contributed by atoms with Gasteiger partial charge in [-0.3, -0.25) is 9.59 Å². The Balaban J connectivity index is 2.70. The van der Waals surface area contributed by atoms with Gasteiger partial charge in [-0.25, -0.2) is 0 Å². The van der Waals surface area contributed by atoms with Crippen molar-refractivity contribution in [3.05, 3.63) is 28.7 Å². The van der Waals surface area contributed by atoms with Gasteiger partial charge in [-0.15, -0.1) is 0 Å². The number of aromatic nitrogens is 1.